The minimum absolute atomic E-state index is 0.0841. The highest BCUT2D eigenvalue weighted by Gasteiger charge is 2.17. The van der Waals surface area contributed by atoms with Crippen LogP contribution in [0.5, 0.6) is 17.2 Å². The topological polar surface area (TPSA) is 85.9 Å². The van der Waals surface area contributed by atoms with E-state index >= 15 is 0 Å². The van der Waals surface area contributed by atoms with E-state index in [0.717, 1.165) is 12.8 Å². The van der Waals surface area contributed by atoms with Crippen molar-refractivity contribution < 1.29 is 23.8 Å². The predicted octanol–water partition coefficient (Wildman–Crippen LogP) is 1.36. The van der Waals surface area contributed by atoms with Gasteiger partial charge in [0, 0.05) is 12.1 Å². The molecule has 1 aromatic rings. The van der Waals surface area contributed by atoms with Gasteiger partial charge in [-0.25, -0.2) is 0 Å². The van der Waals surface area contributed by atoms with E-state index in [0.29, 0.717) is 29.4 Å². The van der Waals surface area contributed by atoms with E-state index < -0.39 is 5.91 Å². The molecule has 0 atom stereocenters. The Labute approximate surface area is 136 Å². The molecule has 0 aliphatic rings. The van der Waals surface area contributed by atoms with Crippen LogP contribution in [0.1, 0.15) is 30.1 Å². The monoisotopic (exact) mass is 324 g/mol. The van der Waals surface area contributed by atoms with Gasteiger partial charge in [0.25, 0.3) is 5.91 Å². The first kappa shape index (κ1) is 18.6. The maximum absolute atomic E-state index is 12.2. The summed E-state index contributed by atoms with van der Waals surface area (Å²) in [5.74, 6) is 0.548. The number of ether oxygens (including phenoxy) is 3. The summed E-state index contributed by atoms with van der Waals surface area (Å²) in [6.45, 7) is 2.56. The number of carbonyl (C=O) groups is 2. The molecule has 0 aliphatic heterocycles. The van der Waals surface area contributed by atoms with Crippen molar-refractivity contribution >= 4 is 11.8 Å². The van der Waals surface area contributed by atoms with Gasteiger partial charge in [0.15, 0.2) is 11.5 Å². The van der Waals surface area contributed by atoms with Crippen molar-refractivity contribution in [3.63, 3.8) is 0 Å². The Balaban J connectivity index is 2.74. The van der Waals surface area contributed by atoms with Crippen molar-refractivity contribution in [3.8, 4) is 17.2 Å². The zero-order valence-corrected chi connectivity index (χ0v) is 14.0. The Bertz CT molecular complexity index is 520. The van der Waals surface area contributed by atoms with Gasteiger partial charge in [-0.2, -0.15) is 0 Å². The van der Waals surface area contributed by atoms with Crippen LogP contribution in [0, 0.1) is 0 Å². The normalized spacial score (nSPS) is 9.91. The van der Waals surface area contributed by atoms with Crippen LogP contribution in [0.2, 0.25) is 0 Å². The molecule has 23 heavy (non-hydrogen) atoms. The van der Waals surface area contributed by atoms with E-state index in [-0.39, 0.29) is 12.5 Å². The highest BCUT2D eigenvalue weighted by molar-refractivity contribution is 5.97. The van der Waals surface area contributed by atoms with E-state index in [1.54, 1.807) is 0 Å². The lowest BCUT2D eigenvalue weighted by molar-refractivity contribution is -0.120. The molecular formula is C16H24N2O5. The average Bonchev–Trinajstić information content (AvgIpc) is 2.58. The van der Waals surface area contributed by atoms with Gasteiger partial charge in [0.05, 0.1) is 27.9 Å². The third kappa shape index (κ3) is 5.36. The SMILES string of the molecule is CCCCNC(=O)CNC(=O)c1cc(OC)c(OC)c(OC)c1. The predicted molar refractivity (Wildman–Crippen MR) is 86.3 cm³/mol. The maximum Gasteiger partial charge on any atom is 0.251 e. The van der Waals surface area contributed by atoms with Crippen molar-refractivity contribution in [2.24, 2.45) is 0 Å². The molecule has 0 spiro atoms. The van der Waals surface area contributed by atoms with Gasteiger partial charge >= 0.3 is 0 Å². The van der Waals surface area contributed by atoms with Crippen LogP contribution in [-0.4, -0.2) is 46.2 Å². The number of unbranched alkanes of at least 4 members (excludes halogenated alkanes) is 1. The number of hydrogen-bond acceptors (Lipinski definition) is 5. The molecule has 0 fully saturated rings. The van der Waals surface area contributed by atoms with Crippen molar-refractivity contribution in [2.45, 2.75) is 19.8 Å². The van der Waals surface area contributed by atoms with Gasteiger partial charge < -0.3 is 24.8 Å². The number of rotatable bonds is 9. The van der Waals surface area contributed by atoms with Crippen molar-refractivity contribution in [3.05, 3.63) is 17.7 Å². The minimum atomic E-state index is -0.394. The minimum Gasteiger partial charge on any atom is -0.493 e. The van der Waals surface area contributed by atoms with E-state index in [1.807, 2.05) is 6.92 Å². The molecule has 0 radical (unpaired) electrons. The molecule has 0 unspecified atom stereocenters. The quantitative estimate of drug-likeness (QED) is 0.670. The van der Waals surface area contributed by atoms with E-state index in [9.17, 15) is 9.59 Å². The van der Waals surface area contributed by atoms with Crippen LogP contribution in [0.25, 0.3) is 0 Å². The van der Waals surface area contributed by atoms with E-state index in [4.69, 9.17) is 14.2 Å². The molecule has 128 valence electrons. The molecule has 1 rings (SSSR count). The van der Waals surface area contributed by atoms with Gasteiger partial charge in [0.2, 0.25) is 11.7 Å². The number of amides is 2. The molecule has 0 aromatic heterocycles. The fourth-order valence-electron chi connectivity index (χ4n) is 1.94. The summed E-state index contributed by atoms with van der Waals surface area (Å²) in [5.41, 5.74) is 0.320. The lowest BCUT2D eigenvalue weighted by Crippen LogP contribution is -2.37. The number of hydrogen-bond donors (Lipinski definition) is 2. The summed E-state index contributed by atoms with van der Waals surface area (Å²) in [5, 5.41) is 5.29. The third-order valence-corrected chi connectivity index (χ3v) is 3.19. The maximum atomic E-state index is 12.2. The van der Waals surface area contributed by atoms with Gasteiger partial charge in [-0.1, -0.05) is 13.3 Å². The Hall–Kier alpha value is -2.44. The van der Waals surface area contributed by atoms with Gasteiger partial charge in [-0.05, 0) is 18.6 Å². The molecule has 2 N–H and O–H groups in total. The Morgan fingerprint density at radius 2 is 1.61 bits per heavy atom. The van der Waals surface area contributed by atoms with Crippen LogP contribution in [-0.2, 0) is 4.79 Å². The smallest absolute Gasteiger partial charge is 0.251 e. The van der Waals surface area contributed by atoms with Crippen molar-refractivity contribution in [1.82, 2.24) is 10.6 Å². The summed E-state index contributed by atoms with van der Waals surface area (Å²) in [6.07, 6.45) is 1.91. The first-order chi connectivity index (χ1) is 11.1. The van der Waals surface area contributed by atoms with E-state index in [1.165, 1.54) is 33.5 Å². The molecule has 0 saturated heterocycles. The molecule has 0 saturated carbocycles. The molecule has 0 bridgehead atoms. The molecule has 7 nitrogen and oxygen atoms in total. The second kappa shape index (κ2) is 9.55. The zero-order valence-electron chi connectivity index (χ0n) is 14.0. The second-order valence-corrected chi connectivity index (χ2v) is 4.80. The molecule has 0 aliphatic carbocycles. The summed E-state index contributed by atoms with van der Waals surface area (Å²) in [4.78, 5) is 23.8. The molecule has 0 heterocycles. The Kier molecular flexibility index (Phi) is 7.73. The first-order valence-electron chi connectivity index (χ1n) is 7.42. The van der Waals surface area contributed by atoms with Gasteiger partial charge in [-0.15, -0.1) is 0 Å². The molecular weight excluding hydrogens is 300 g/mol. The van der Waals surface area contributed by atoms with Gasteiger partial charge in [0.1, 0.15) is 0 Å². The lowest BCUT2D eigenvalue weighted by atomic mass is 10.1. The summed E-state index contributed by atoms with van der Waals surface area (Å²) in [6, 6.07) is 3.07. The Morgan fingerprint density at radius 1 is 1.00 bits per heavy atom. The first-order valence-corrected chi connectivity index (χ1v) is 7.42. The highest BCUT2D eigenvalue weighted by atomic mass is 16.5. The van der Waals surface area contributed by atoms with Crippen LogP contribution in [0.15, 0.2) is 12.1 Å². The summed E-state index contributed by atoms with van der Waals surface area (Å²) < 4.78 is 15.6. The van der Waals surface area contributed by atoms with Crippen molar-refractivity contribution in [1.29, 1.82) is 0 Å². The zero-order chi connectivity index (χ0) is 17.2. The van der Waals surface area contributed by atoms with Crippen LogP contribution in [0.3, 0.4) is 0 Å². The van der Waals surface area contributed by atoms with Crippen molar-refractivity contribution in [2.75, 3.05) is 34.4 Å². The standard InChI is InChI=1S/C16H24N2O5/c1-5-6-7-17-14(19)10-18-16(20)11-8-12(21-2)15(23-4)13(9-11)22-3/h8-9H,5-7,10H2,1-4H3,(H,17,19)(H,18,20). The second-order valence-electron chi connectivity index (χ2n) is 4.80. The molecule has 1 aromatic carbocycles. The number of benzene rings is 1. The third-order valence-electron chi connectivity index (χ3n) is 3.19. The van der Waals surface area contributed by atoms with Crippen LogP contribution in [0.4, 0.5) is 0 Å². The van der Waals surface area contributed by atoms with Gasteiger partial charge in [-0.3, -0.25) is 9.59 Å². The highest BCUT2D eigenvalue weighted by Crippen LogP contribution is 2.38. The number of methoxy groups -OCH3 is 3. The fraction of sp³-hybridized carbons (Fsp3) is 0.500. The average molecular weight is 324 g/mol. The molecule has 7 heteroatoms. The largest absolute Gasteiger partial charge is 0.493 e. The Morgan fingerprint density at radius 3 is 2.09 bits per heavy atom. The molecule has 2 amide bonds. The van der Waals surface area contributed by atoms with Crippen LogP contribution < -0.4 is 24.8 Å². The van der Waals surface area contributed by atoms with Crippen LogP contribution >= 0.6 is 0 Å². The summed E-state index contributed by atoms with van der Waals surface area (Å²) in [7, 11) is 4.43. The van der Waals surface area contributed by atoms with E-state index in [2.05, 4.69) is 10.6 Å². The number of nitrogens with one attached hydrogen (secondary N) is 2. The number of carbonyl (C=O) groups excluding carboxylic acids is 2. The fourth-order valence-corrected chi connectivity index (χ4v) is 1.94. The lowest BCUT2D eigenvalue weighted by Gasteiger charge is -2.14. The summed E-state index contributed by atoms with van der Waals surface area (Å²) >= 11 is 0.